The zero-order valence-corrected chi connectivity index (χ0v) is 13.2. The number of aliphatic hydroxyl groups is 1. The molecule has 2 rings (SSSR count). The summed E-state index contributed by atoms with van der Waals surface area (Å²) >= 11 is 0. The average molecular weight is 298 g/mol. The molecule has 0 bridgehead atoms. The number of unbranched alkanes of at least 4 members (excludes halogenated alkanes) is 1. The predicted molar refractivity (Wildman–Crippen MR) is 86.1 cm³/mol. The molecule has 0 saturated carbocycles. The van der Waals surface area contributed by atoms with Gasteiger partial charge < -0.3 is 9.84 Å². The van der Waals surface area contributed by atoms with Gasteiger partial charge in [0.15, 0.2) is 5.76 Å². The van der Waals surface area contributed by atoms with Gasteiger partial charge in [-0.15, -0.1) is 0 Å². The minimum absolute atomic E-state index is 0.301. The molecule has 0 fully saturated rings. The first kappa shape index (κ1) is 16.3. The molecule has 1 aromatic carbocycles. The molecular formula is C19H22O3. The van der Waals surface area contributed by atoms with Crippen molar-refractivity contribution in [2.75, 3.05) is 6.61 Å². The van der Waals surface area contributed by atoms with Crippen LogP contribution < -0.4 is 0 Å². The largest absolute Gasteiger partial charge is 0.493 e. The van der Waals surface area contributed by atoms with Gasteiger partial charge in [-0.25, -0.2) is 0 Å². The van der Waals surface area contributed by atoms with E-state index < -0.39 is 5.60 Å². The van der Waals surface area contributed by atoms with Crippen LogP contribution in [0.1, 0.15) is 38.7 Å². The summed E-state index contributed by atoms with van der Waals surface area (Å²) in [6.45, 7) is 4.32. The zero-order chi connectivity index (χ0) is 16.0. The topological polar surface area (TPSA) is 46.5 Å². The standard InChI is InChI=1S/C19H22O3/c1-3-5-13-16-17(20)19(21,18(16)22-4-2)14-9-12-15-10-7-6-8-11-15/h6-8,10-11,21H,3-5,12-13H2,1-2H3. The lowest BCUT2D eigenvalue weighted by atomic mass is 9.76. The molecule has 0 aliphatic heterocycles. The Labute approximate surface area is 132 Å². The molecule has 0 radical (unpaired) electrons. The summed E-state index contributed by atoms with van der Waals surface area (Å²) < 4.78 is 5.48. The SMILES string of the molecule is CCCCC1=C(OCC)C(O)(C#CCc2ccccc2)C1=O. The molecule has 22 heavy (non-hydrogen) atoms. The van der Waals surface area contributed by atoms with Crippen LogP contribution in [0.4, 0.5) is 0 Å². The molecule has 0 spiro atoms. The maximum absolute atomic E-state index is 12.2. The minimum Gasteiger partial charge on any atom is -0.493 e. The Hall–Kier alpha value is -2.05. The first-order valence-corrected chi connectivity index (χ1v) is 7.81. The van der Waals surface area contributed by atoms with Crippen molar-refractivity contribution in [1.29, 1.82) is 0 Å². The quantitative estimate of drug-likeness (QED) is 0.821. The summed E-state index contributed by atoms with van der Waals surface area (Å²) in [6, 6.07) is 9.75. The maximum Gasteiger partial charge on any atom is 0.247 e. The number of carbonyl (C=O) groups excluding carboxylic acids is 1. The lowest BCUT2D eigenvalue weighted by Gasteiger charge is -2.35. The Morgan fingerprint density at radius 2 is 1.95 bits per heavy atom. The molecule has 1 atom stereocenters. The van der Waals surface area contributed by atoms with Gasteiger partial charge in [0, 0.05) is 12.0 Å². The van der Waals surface area contributed by atoms with Crippen molar-refractivity contribution in [1.82, 2.24) is 0 Å². The summed E-state index contributed by atoms with van der Waals surface area (Å²) in [7, 11) is 0. The molecule has 1 aliphatic rings. The molecule has 3 nitrogen and oxygen atoms in total. The number of carbonyl (C=O) groups is 1. The van der Waals surface area contributed by atoms with Crippen molar-refractivity contribution in [2.45, 2.75) is 45.1 Å². The second-order valence-electron chi connectivity index (χ2n) is 5.35. The molecule has 0 amide bonds. The van der Waals surface area contributed by atoms with Crippen molar-refractivity contribution in [3.8, 4) is 11.8 Å². The summed E-state index contributed by atoms with van der Waals surface area (Å²) in [5.74, 6) is 5.67. The van der Waals surface area contributed by atoms with Crippen LogP contribution in [0.5, 0.6) is 0 Å². The fourth-order valence-electron chi connectivity index (χ4n) is 2.48. The first-order chi connectivity index (χ1) is 10.6. The molecular weight excluding hydrogens is 276 g/mol. The van der Waals surface area contributed by atoms with Crippen LogP contribution in [0, 0.1) is 11.8 Å². The highest BCUT2D eigenvalue weighted by molar-refractivity contribution is 6.14. The number of hydrogen-bond acceptors (Lipinski definition) is 3. The molecule has 3 heteroatoms. The molecule has 1 N–H and O–H groups in total. The van der Waals surface area contributed by atoms with Gasteiger partial charge in [0.2, 0.25) is 11.4 Å². The van der Waals surface area contributed by atoms with Crippen molar-refractivity contribution < 1.29 is 14.6 Å². The van der Waals surface area contributed by atoms with Crippen LogP contribution >= 0.6 is 0 Å². The Balaban J connectivity index is 2.15. The number of ketones is 1. The van der Waals surface area contributed by atoms with Crippen LogP contribution in [-0.4, -0.2) is 23.1 Å². The number of rotatable bonds is 6. The van der Waals surface area contributed by atoms with Crippen LogP contribution in [0.3, 0.4) is 0 Å². The Kier molecular flexibility index (Phi) is 5.41. The van der Waals surface area contributed by atoms with Gasteiger partial charge >= 0.3 is 0 Å². The summed E-state index contributed by atoms with van der Waals surface area (Å²) in [4.78, 5) is 12.2. The van der Waals surface area contributed by atoms with Gasteiger partial charge in [0.1, 0.15) is 0 Å². The second-order valence-corrected chi connectivity index (χ2v) is 5.35. The van der Waals surface area contributed by atoms with Crippen molar-refractivity contribution in [3.05, 3.63) is 47.2 Å². The van der Waals surface area contributed by atoms with Crippen molar-refractivity contribution in [2.24, 2.45) is 0 Å². The van der Waals surface area contributed by atoms with Crippen LogP contribution in [0.25, 0.3) is 0 Å². The van der Waals surface area contributed by atoms with Crippen LogP contribution in [-0.2, 0) is 16.0 Å². The highest BCUT2D eigenvalue weighted by Gasteiger charge is 2.53. The van der Waals surface area contributed by atoms with E-state index in [4.69, 9.17) is 4.74 Å². The fraction of sp³-hybridized carbons (Fsp3) is 0.421. The average Bonchev–Trinajstić information content (AvgIpc) is 2.55. The molecule has 0 aromatic heterocycles. The Bertz CT molecular complexity index is 619. The molecule has 0 saturated heterocycles. The van der Waals surface area contributed by atoms with Crippen molar-refractivity contribution >= 4 is 5.78 Å². The van der Waals surface area contributed by atoms with Crippen LogP contribution in [0.2, 0.25) is 0 Å². The van der Waals surface area contributed by atoms with E-state index in [1.807, 2.05) is 37.3 Å². The number of ether oxygens (including phenoxy) is 1. The smallest absolute Gasteiger partial charge is 0.247 e. The van der Waals surface area contributed by atoms with Gasteiger partial charge in [-0.05, 0) is 25.3 Å². The highest BCUT2D eigenvalue weighted by atomic mass is 16.5. The Morgan fingerprint density at radius 1 is 1.23 bits per heavy atom. The molecule has 0 heterocycles. The molecule has 1 aliphatic carbocycles. The molecule has 1 unspecified atom stereocenters. The number of Topliss-reactive ketones (excluding diaryl/α,β-unsaturated/α-hetero) is 1. The third-order valence-corrected chi connectivity index (χ3v) is 3.68. The van der Waals surface area contributed by atoms with Crippen molar-refractivity contribution in [3.63, 3.8) is 0 Å². The van der Waals surface area contributed by atoms with E-state index >= 15 is 0 Å². The van der Waals surface area contributed by atoms with E-state index in [1.165, 1.54) is 0 Å². The van der Waals surface area contributed by atoms with E-state index in [9.17, 15) is 9.90 Å². The Morgan fingerprint density at radius 3 is 2.59 bits per heavy atom. The predicted octanol–water partition coefficient (Wildman–Crippen LogP) is 3.03. The zero-order valence-electron chi connectivity index (χ0n) is 13.2. The van der Waals surface area contributed by atoms with Gasteiger partial charge in [-0.3, -0.25) is 4.79 Å². The van der Waals surface area contributed by atoms with E-state index in [1.54, 1.807) is 0 Å². The van der Waals surface area contributed by atoms with E-state index in [0.717, 1.165) is 18.4 Å². The molecule has 116 valence electrons. The third-order valence-electron chi connectivity index (χ3n) is 3.68. The monoisotopic (exact) mass is 298 g/mol. The van der Waals surface area contributed by atoms with E-state index in [2.05, 4.69) is 18.8 Å². The number of hydrogen-bond donors (Lipinski definition) is 1. The highest BCUT2D eigenvalue weighted by Crippen LogP contribution is 2.38. The van der Waals surface area contributed by atoms with Gasteiger partial charge in [-0.1, -0.05) is 55.5 Å². The van der Waals surface area contributed by atoms with Gasteiger partial charge in [0.25, 0.3) is 0 Å². The summed E-state index contributed by atoms with van der Waals surface area (Å²) in [6.07, 6.45) is 3.05. The van der Waals surface area contributed by atoms with E-state index in [0.29, 0.717) is 30.8 Å². The maximum atomic E-state index is 12.2. The second kappa shape index (κ2) is 7.29. The van der Waals surface area contributed by atoms with Crippen LogP contribution in [0.15, 0.2) is 41.7 Å². The lowest BCUT2D eigenvalue weighted by molar-refractivity contribution is -0.134. The van der Waals surface area contributed by atoms with E-state index in [-0.39, 0.29) is 5.78 Å². The third kappa shape index (κ3) is 3.23. The lowest BCUT2D eigenvalue weighted by Crippen LogP contribution is -2.51. The van der Waals surface area contributed by atoms with Gasteiger partial charge in [0.05, 0.1) is 6.61 Å². The summed E-state index contributed by atoms with van der Waals surface area (Å²) in [5.41, 5.74) is -0.0906. The molecule has 1 aromatic rings. The number of benzene rings is 1. The summed E-state index contributed by atoms with van der Waals surface area (Å²) in [5, 5.41) is 10.5. The van der Waals surface area contributed by atoms with Gasteiger partial charge in [-0.2, -0.15) is 0 Å². The first-order valence-electron chi connectivity index (χ1n) is 7.81. The normalized spacial score (nSPS) is 20.2. The minimum atomic E-state index is -1.74. The fourth-order valence-corrected chi connectivity index (χ4v) is 2.48.